The molecule has 106 valence electrons. The van der Waals surface area contributed by atoms with Gasteiger partial charge in [-0.3, -0.25) is 0 Å². The number of hydrogen-bond donors (Lipinski definition) is 1. The lowest BCUT2D eigenvalue weighted by molar-refractivity contribution is 0.591. The first kappa shape index (κ1) is 15.0. The number of nitrogens with one attached hydrogen (secondary N) is 1. The molecule has 0 aliphatic heterocycles. The second-order valence-electron chi connectivity index (χ2n) is 5.88. The lowest BCUT2D eigenvalue weighted by atomic mass is 9.86. The van der Waals surface area contributed by atoms with E-state index in [4.69, 9.17) is 0 Å². The summed E-state index contributed by atoms with van der Waals surface area (Å²) in [6, 6.07) is 13.1. The predicted octanol–water partition coefficient (Wildman–Crippen LogP) is 5.50. The summed E-state index contributed by atoms with van der Waals surface area (Å²) < 4.78 is 13.9. The average molecular weight is 336 g/mol. The van der Waals surface area contributed by atoms with Gasteiger partial charge in [0.2, 0.25) is 0 Å². The van der Waals surface area contributed by atoms with Crippen LogP contribution in [0.4, 0.5) is 10.1 Å². The van der Waals surface area contributed by atoms with Crippen LogP contribution >= 0.6 is 15.9 Å². The highest BCUT2D eigenvalue weighted by molar-refractivity contribution is 9.10. The van der Waals surface area contributed by atoms with Gasteiger partial charge < -0.3 is 5.32 Å². The van der Waals surface area contributed by atoms with Crippen molar-refractivity contribution < 1.29 is 4.39 Å². The van der Waals surface area contributed by atoms with Crippen molar-refractivity contribution in [3.8, 4) is 0 Å². The Morgan fingerprint density at radius 1 is 1.10 bits per heavy atom. The summed E-state index contributed by atoms with van der Waals surface area (Å²) in [4.78, 5) is 0. The molecule has 0 unspecified atom stereocenters. The minimum atomic E-state index is -0.226. The fourth-order valence-corrected chi connectivity index (χ4v) is 2.64. The Kier molecular flexibility index (Phi) is 4.48. The quantitative estimate of drug-likeness (QED) is 0.781. The van der Waals surface area contributed by atoms with Crippen molar-refractivity contribution in [1.29, 1.82) is 0 Å². The van der Waals surface area contributed by atoms with Gasteiger partial charge in [-0.2, -0.15) is 0 Å². The molecule has 0 aromatic heterocycles. The van der Waals surface area contributed by atoms with Crippen molar-refractivity contribution in [3.05, 3.63) is 63.9 Å². The van der Waals surface area contributed by atoms with Crippen molar-refractivity contribution in [2.75, 3.05) is 5.32 Å². The third-order valence-corrected chi connectivity index (χ3v) is 3.96. The summed E-state index contributed by atoms with van der Waals surface area (Å²) in [7, 11) is 0. The van der Waals surface area contributed by atoms with E-state index in [9.17, 15) is 4.39 Å². The summed E-state index contributed by atoms with van der Waals surface area (Å²) in [6.45, 7) is 7.25. The third kappa shape index (κ3) is 3.60. The summed E-state index contributed by atoms with van der Waals surface area (Å²) in [5, 5.41) is 3.44. The monoisotopic (exact) mass is 335 g/mol. The molecule has 2 rings (SSSR count). The molecule has 2 aromatic carbocycles. The van der Waals surface area contributed by atoms with Gasteiger partial charge in [-0.1, -0.05) is 61.0 Å². The fourth-order valence-electron chi connectivity index (χ4n) is 2.15. The molecule has 20 heavy (non-hydrogen) atoms. The molecule has 0 amide bonds. The standard InChI is InChI=1S/C17H19BrFN/c1-17(2,3)14-6-4-5-7-16(14)20-11-12-8-9-13(19)10-15(12)18/h4-10,20H,11H2,1-3H3. The molecule has 0 bridgehead atoms. The molecule has 0 saturated heterocycles. The lowest BCUT2D eigenvalue weighted by Gasteiger charge is -2.23. The van der Waals surface area contributed by atoms with E-state index in [1.54, 1.807) is 6.07 Å². The Bertz CT molecular complexity index is 602. The van der Waals surface area contributed by atoms with E-state index < -0.39 is 0 Å². The van der Waals surface area contributed by atoms with Crippen LogP contribution in [0.15, 0.2) is 46.9 Å². The summed E-state index contributed by atoms with van der Waals surface area (Å²) in [5.41, 5.74) is 3.52. The van der Waals surface area contributed by atoms with Gasteiger partial charge in [0.15, 0.2) is 0 Å². The number of hydrogen-bond acceptors (Lipinski definition) is 1. The van der Waals surface area contributed by atoms with Crippen molar-refractivity contribution in [2.24, 2.45) is 0 Å². The van der Waals surface area contributed by atoms with Gasteiger partial charge in [0, 0.05) is 16.7 Å². The van der Waals surface area contributed by atoms with Crippen LogP contribution in [0.25, 0.3) is 0 Å². The van der Waals surface area contributed by atoms with E-state index in [0.29, 0.717) is 6.54 Å². The van der Waals surface area contributed by atoms with Crippen molar-refractivity contribution >= 4 is 21.6 Å². The topological polar surface area (TPSA) is 12.0 Å². The maximum atomic E-state index is 13.1. The molecule has 0 aliphatic rings. The van der Waals surface area contributed by atoms with Gasteiger partial charge in [0.25, 0.3) is 0 Å². The van der Waals surface area contributed by atoms with Crippen molar-refractivity contribution in [2.45, 2.75) is 32.7 Å². The van der Waals surface area contributed by atoms with E-state index in [1.165, 1.54) is 17.7 Å². The molecule has 1 nitrogen and oxygen atoms in total. The Hall–Kier alpha value is -1.35. The fraction of sp³-hybridized carbons (Fsp3) is 0.294. The van der Waals surface area contributed by atoms with Crippen LogP contribution in [0.3, 0.4) is 0 Å². The molecule has 0 heterocycles. The Balaban J connectivity index is 2.19. The highest BCUT2D eigenvalue weighted by Gasteiger charge is 2.17. The molecule has 0 fully saturated rings. The van der Waals surface area contributed by atoms with E-state index in [1.807, 2.05) is 6.07 Å². The summed E-state index contributed by atoms with van der Waals surface area (Å²) in [5.74, 6) is -0.226. The Morgan fingerprint density at radius 3 is 2.45 bits per heavy atom. The van der Waals surface area contributed by atoms with Gasteiger partial charge in [-0.05, 0) is 34.7 Å². The van der Waals surface area contributed by atoms with Crippen LogP contribution in [0, 0.1) is 5.82 Å². The van der Waals surface area contributed by atoms with Gasteiger partial charge in [-0.15, -0.1) is 0 Å². The molecule has 1 N–H and O–H groups in total. The molecule has 3 heteroatoms. The van der Waals surface area contributed by atoms with E-state index in [0.717, 1.165) is 15.7 Å². The zero-order valence-corrected chi connectivity index (χ0v) is 13.6. The normalized spacial score (nSPS) is 11.4. The van der Waals surface area contributed by atoms with Crippen LogP contribution in [0.5, 0.6) is 0 Å². The first-order valence-corrected chi connectivity index (χ1v) is 7.44. The minimum absolute atomic E-state index is 0.0869. The van der Waals surface area contributed by atoms with E-state index in [2.05, 4.69) is 60.2 Å². The zero-order chi connectivity index (χ0) is 14.8. The van der Waals surface area contributed by atoms with Gasteiger partial charge >= 0.3 is 0 Å². The highest BCUT2D eigenvalue weighted by atomic mass is 79.9. The maximum Gasteiger partial charge on any atom is 0.124 e. The smallest absolute Gasteiger partial charge is 0.124 e. The van der Waals surface area contributed by atoms with Crippen molar-refractivity contribution in [3.63, 3.8) is 0 Å². The van der Waals surface area contributed by atoms with E-state index >= 15 is 0 Å². The molecule has 0 spiro atoms. The average Bonchev–Trinajstić information content (AvgIpc) is 2.37. The third-order valence-electron chi connectivity index (χ3n) is 3.22. The lowest BCUT2D eigenvalue weighted by Crippen LogP contribution is -2.14. The SMILES string of the molecule is CC(C)(C)c1ccccc1NCc1ccc(F)cc1Br. The van der Waals surface area contributed by atoms with Gasteiger partial charge in [0.05, 0.1) is 0 Å². The number of benzene rings is 2. The van der Waals surface area contributed by atoms with Crippen LogP contribution in [-0.2, 0) is 12.0 Å². The molecular weight excluding hydrogens is 317 g/mol. The molecule has 0 radical (unpaired) electrons. The molecule has 0 saturated carbocycles. The summed E-state index contributed by atoms with van der Waals surface area (Å²) >= 11 is 3.40. The molecule has 2 aromatic rings. The Labute approximate surface area is 128 Å². The maximum absolute atomic E-state index is 13.1. The second kappa shape index (κ2) is 5.96. The summed E-state index contributed by atoms with van der Waals surface area (Å²) in [6.07, 6.45) is 0. The largest absolute Gasteiger partial charge is 0.381 e. The Morgan fingerprint density at radius 2 is 1.80 bits per heavy atom. The molecule has 0 aliphatic carbocycles. The number of halogens is 2. The van der Waals surface area contributed by atoms with Crippen molar-refractivity contribution in [1.82, 2.24) is 0 Å². The molecular formula is C17H19BrFN. The second-order valence-corrected chi connectivity index (χ2v) is 6.74. The van der Waals surface area contributed by atoms with Gasteiger partial charge in [0.1, 0.15) is 5.82 Å². The van der Waals surface area contributed by atoms with E-state index in [-0.39, 0.29) is 11.2 Å². The van der Waals surface area contributed by atoms with Gasteiger partial charge in [-0.25, -0.2) is 4.39 Å². The van der Waals surface area contributed by atoms with Crippen LogP contribution in [0.2, 0.25) is 0 Å². The number of para-hydroxylation sites is 1. The minimum Gasteiger partial charge on any atom is -0.381 e. The predicted molar refractivity (Wildman–Crippen MR) is 86.6 cm³/mol. The number of anilines is 1. The number of rotatable bonds is 3. The zero-order valence-electron chi connectivity index (χ0n) is 12.0. The van der Waals surface area contributed by atoms with Crippen LogP contribution in [-0.4, -0.2) is 0 Å². The van der Waals surface area contributed by atoms with Crippen LogP contribution < -0.4 is 5.32 Å². The van der Waals surface area contributed by atoms with Crippen LogP contribution in [0.1, 0.15) is 31.9 Å². The molecule has 0 atom stereocenters. The first-order chi connectivity index (χ1) is 9.38. The highest BCUT2D eigenvalue weighted by Crippen LogP contribution is 2.30. The first-order valence-electron chi connectivity index (χ1n) is 6.65.